The fraction of sp³-hybridized carbons (Fsp3) is 0.200. The van der Waals surface area contributed by atoms with E-state index in [0.29, 0.717) is 52.5 Å². The smallest absolute Gasteiger partial charge is 0.324 e. The van der Waals surface area contributed by atoms with Crippen molar-refractivity contribution in [2.24, 2.45) is 0 Å². The van der Waals surface area contributed by atoms with Crippen molar-refractivity contribution in [1.29, 1.82) is 0 Å². The van der Waals surface area contributed by atoms with Gasteiger partial charge in [0.2, 0.25) is 0 Å². The lowest BCUT2D eigenvalue weighted by atomic mass is 10.1. The number of amides is 4. The molecule has 176 valence electrons. The first-order valence-corrected chi connectivity index (χ1v) is 11.5. The molecule has 9 heteroatoms. The van der Waals surface area contributed by atoms with E-state index in [2.05, 4.69) is 10.6 Å². The molecular formula is C25H24Cl2N4O3. The number of anilines is 3. The van der Waals surface area contributed by atoms with Crippen molar-refractivity contribution in [3.8, 4) is 5.75 Å². The van der Waals surface area contributed by atoms with Crippen molar-refractivity contribution in [3.63, 3.8) is 0 Å². The highest BCUT2D eigenvalue weighted by molar-refractivity contribution is 6.42. The molecule has 1 aliphatic rings. The number of methoxy groups -OCH3 is 1. The molecule has 4 rings (SSSR count). The van der Waals surface area contributed by atoms with Gasteiger partial charge in [0.05, 0.1) is 17.2 Å². The second-order valence-electron chi connectivity index (χ2n) is 7.82. The lowest BCUT2D eigenvalue weighted by molar-refractivity contribution is 0.192. The zero-order chi connectivity index (χ0) is 24.1. The van der Waals surface area contributed by atoms with Gasteiger partial charge in [-0.3, -0.25) is 4.90 Å². The van der Waals surface area contributed by atoms with Crippen molar-refractivity contribution in [2.45, 2.75) is 13.0 Å². The van der Waals surface area contributed by atoms with Crippen LogP contribution in [0.3, 0.4) is 0 Å². The summed E-state index contributed by atoms with van der Waals surface area (Å²) in [6, 6.07) is 19.2. The lowest BCUT2D eigenvalue weighted by Crippen LogP contribution is -2.49. The minimum absolute atomic E-state index is 0.102. The van der Waals surface area contributed by atoms with Crippen molar-refractivity contribution in [2.75, 3.05) is 35.7 Å². The molecule has 7 nitrogen and oxygen atoms in total. The third-order valence-electron chi connectivity index (χ3n) is 5.41. The Morgan fingerprint density at radius 1 is 0.941 bits per heavy atom. The molecule has 0 saturated carbocycles. The molecule has 0 aromatic heterocycles. The molecule has 3 aromatic carbocycles. The average Bonchev–Trinajstić information content (AvgIpc) is 2.83. The van der Waals surface area contributed by atoms with Crippen LogP contribution >= 0.6 is 23.2 Å². The van der Waals surface area contributed by atoms with Crippen molar-refractivity contribution in [3.05, 3.63) is 82.3 Å². The van der Waals surface area contributed by atoms with Crippen molar-refractivity contribution in [1.82, 2.24) is 4.90 Å². The van der Waals surface area contributed by atoms with Crippen molar-refractivity contribution >= 4 is 52.3 Å². The average molecular weight is 499 g/mol. The number of nitrogens with zero attached hydrogens (tertiary/aromatic N) is 2. The molecule has 3 aromatic rings. The van der Waals surface area contributed by atoms with Gasteiger partial charge in [-0.1, -0.05) is 41.4 Å². The number of carbonyl (C=O) groups excluding carboxylic acids is 2. The highest BCUT2D eigenvalue weighted by Crippen LogP contribution is 2.27. The summed E-state index contributed by atoms with van der Waals surface area (Å²) >= 11 is 12.1. The Labute approximate surface area is 208 Å². The van der Waals surface area contributed by atoms with Gasteiger partial charge in [-0.05, 0) is 54.4 Å². The quantitative estimate of drug-likeness (QED) is 0.408. The van der Waals surface area contributed by atoms with E-state index in [1.807, 2.05) is 18.2 Å². The zero-order valence-corrected chi connectivity index (χ0v) is 20.1. The Balaban J connectivity index is 1.43. The second kappa shape index (κ2) is 10.7. The monoisotopic (exact) mass is 498 g/mol. The van der Waals surface area contributed by atoms with Gasteiger partial charge in [0, 0.05) is 42.8 Å². The summed E-state index contributed by atoms with van der Waals surface area (Å²) < 4.78 is 5.18. The van der Waals surface area contributed by atoms with E-state index in [0.717, 1.165) is 12.0 Å². The van der Waals surface area contributed by atoms with Gasteiger partial charge >= 0.3 is 12.1 Å². The molecule has 34 heavy (non-hydrogen) atoms. The van der Waals surface area contributed by atoms with Crippen LogP contribution in [0.15, 0.2) is 66.7 Å². The normalized spacial score (nSPS) is 13.6. The van der Waals surface area contributed by atoms with E-state index >= 15 is 0 Å². The SMILES string of the molecule is COc1cccc(NC(=O)Nc2cccc(N3CCCN(Cc4ccc(Cl)c(Cl)c4)C3=O)c2)c1. The highest BCUT2D eigenvalue weighted by atomic mass is 35.5. The standard InChI is InChI=1S/C25H24Cl2N4O3/c1-34-21-8-3-6-19(15-21)29-24(32)28-18-5-2-7-20(14-18)31-12-4-11-30(25(31)33)16-17-9-10-22(26)23(27)13-17/h2-3,5-10,13-15H,4,11-12,16H2,1H3,(H2,28,29,32). The van der Waals surface area contributed by atoms with Gasteiger partial charge < -0.3 is 20.3 Å². The van der Waals surface area contributed by atoms with Crippen LogP contribution in [0.4, 0.5) is 26.7 Å². The third kappa shape index (κ3) is 5.73. The predicted octanol–water partition coefficient (Wildman–Crippen LogP) is 6.48. The van der Waals surface area contributed by atoms with Crippen LogP contribution in [0.1, 0.15) is 12.0 Å². The molecule has 1 fully saturated rings. The first kappa shape index (κ1) is 23.7. The fourth-order valence-corrected chi connectivity index (χ4v) is 4.09. The maximum atomic E-state index is 13.2. The van der Waals surface area contributed by atoms with E-state index in [-0.39, 0.29) is 6.03 Å². The number of carbonyl (C=O) groups is 2. The molecular weight excluding hydrogens is 475 g/mol. The predicted molar refractivity (Wildman–Crippen MR) is 136 cm³/mol. The second-order valence-corrected chi connectivity index (χ2v) is 8.63. The fourth-order valence-electron chi connectivity index (χ4n) is 3.77. The van der Waals surface area contributed by atoms with Gasteiger partial charge in [-0.25, -0.2) is 9.59 Å². The van der Waals surface area contributed by atoms with E-state index < -0.39 is 6.03 Å². The Kier molecular flexibility index (Phi) is 7.45. The number of benzene rings is 3. The molecule has 0 bridgehead atoms. The van der Waals surface area contributed by atoms with E-state index in [9.17, 15) is 9.59 Å². The summed E-state index contributed by atoms with van der Waals surface area (Å²) in [7, 11) is 1.57. The number of nitrogens with one attached hydrogen (secondary N) is 2. The molecule has 1 saturated heterocycles. The minimum Gasteiger partial charge on any atom is -0.497 e. The topological polar surface area (TPSA) is 73.9 Å². The first-order valence-electron chi connectivity index (χ1n) is 10.8. The molecule has 1 aliphatic heterocycles. The van der Waals surface area contributed by atoms with Crippen LogP contribution in [0, 0.1) is 0 Å². The molecule has 0 unspecified atom stereocenters. The van der Waals surface area contributed by atoms with Gasteiger partial charge in [0.15, 0.2) is 0 Å². The number of urea groups is 2. The Hall–Kier alpha value is -3.42. The summed E-state index contributed by atoms with van der Waals surface area (Å²) in [5, 5.41) is 6.54. The maximum absolute atomic E-state index is 13.2. The van der Waals surface area contributed by atoms with E-state index in [4.69, 9.17) is 27.9 Å². The van der Waals surface area contributed by atoms with Gasteiger partial charge in [0.1, 0.15) is 5.75 Å². The molecule has 0 radical (unpaired) electrons. The summed E-state index contributed by atoms with van der Waals surface area (Å²) in [5.74, 6) is 0.647. The third-order valence-corrected chi connectivity index (χ3v) is 6.15. The van der Waals surface area contributed by atoms with E-state index in [1.54, 1.807) is 65.4 Å². The number of halogens is 2. The first-order chi connectivity index (χ1) is 16.4. The summed E-state index contributed by atoms with van der Waals surface area (Å²) in [6.45, 7) is 1.68. The number of rotatable bonds is 6. The van der Waals surface area contributed by atoms with Crippen LogP contribution in [0.5, 0.6) is 5.75 Å². The Bertz CT molecular complexity index is 1200. The number of hydrogen-bond donors (Lipinski definition) is 2. The highest BCUT2D eigenvalue weighted by Gasteiger charge is 2.27. The Morgan fingerprint density at radius 3 is 2.41 bits per heavy atom. The van der Waals surface area contributed by atoms with Gasteiger partial charge in [0.25, 0.3) is 0 Å². The van der Waals surface area contributed by atoms with Crippen LogP contribution in [-0.2, 0) is 6.54 Å². The molecule has 2 N–H and O–H groups in total. The van der Waals surface area contributed by atoms with E-state index in [1.165, 1.54) is 0 Å². The molecule has 0 aliphatic carbocycles. The zero-order valence-electron chi connectivity index (χ0n) is 18.6. The molecule has 1 heterocycles. The van der Waals surface area contributed by atoms with Crippen LogP contribution in [-0.4, -0.2) is 37.2 Å². The van der Waals surface area contributed by atoms with Crippen LogP contribution in [0.25, 0.3) is 0 Å². The maximum Gasteiger partial charge on any atom is 0.324 e. The van der Waals surface area contributed by atoms with Crippen LogP contribution < -0.4 is 20.3 Å². The number of hydrogen-bond acceptors (Lipinski definition) is 3. The number of ether oxygens (including phenoxy) is 1. The van der Waals surface area contributed by atoms with Crippen molar-refractivity contribution < 1.29 is 14.3 Å². The Morgan fingerprint density at radius 2 is 1.68 bits per heavy atom. The largest absolute Gasteiger partial charge is 0.497 e. The lowest BCUT2D eigenvalue weighted by Gasteiger charge is -2.36. The summed E-state index contributed by atoms with van der Waals surface area (Å²) in [5.41, 5.74) is 2.81. The molecule has 4 amide bonds. The van der Waals surface area contributed by atoms with Crippen LogP contribution in [0.2, 0.25) is 10.0 Å². The van der Waals surface area contributed by atoms with Gasteiger partial charge in [-0.15, -0.1) is 0 Å². The molecule has 0 spiro atoms. The minimum atomic E-state index is -0.392. The molecule has 0 atom stereocenters. The summed E-state index contributed by atoms with van der Waals surface area (Å²) in [6.07, 6.45) is 0.820. The summed E-state index contributed by atoms with van der Waals surface area (Å²) in [4.78, 5) is 29.2. The van der Waals surface area contributed by atoms with Gasteiger partial charge in [-0.2, -0.15) is 0 Å².